The molecule has 4 nitrogen and oxygen atoms in total. The lowest BCUT2D eigenvalue weighted by Crippen LogP contribution is -2.37. The van der Waals surface area contributed by atoms with Crippen molar-refractivity contribution in [2.75, 3.05) is 5.01 Å². The highest BCUT2D eigenvalue weighted by atomic mass is 15.5. The van der Waals surface area contributed by atoms with Crippen molar-refractivity contribution in [2.45, 2.75) is 25.3 Å². The molecular weight excluding hydrogens is 296 g/mol. The van der Waals surface area contributed by atoms with Gasteiger partial charge in [-0.3, -0.25) is 5.01 Å². The minimum atomic E-state index is 0.441. The highest BCUT2D eigenvalue weighted by Gasteiger charge is 2.55. The lowest BCUT2D eigenvalue weighted by atomic mass is 9.84. The topological polar surface area (TPSA) is 40.3 Å². The van der Waals surface area contributed by atoms with Crippen molar-refractivity contribution in [3.05, 3.63) is 60.7 Å². The van der Waals surface area contributed by atoms with Gasteiger partial charge in [0.2, 0.25) is 0 Å². The number of rotatable bonds is 2. The molecule has 2 aromatic rings. The predicted octanol–water partition coefficient (Wildman–Crippen LogP) is 5.02. The van der Waals surface area contributed by atoms with Gasteiger partial charge < -0.3 is 0 Å². The van der Waals surface area contributed by atoms with Crippen LogP contribution in [0.4, 0.5) is 11.4 Å². The van der Waals surface area contributed by atoms with Gasteiger partial charge in [0.05, 0.1) is 17.4 Å². The fraction of sp³-hybridized carbons (Fsp3) is 0.350. The lowest BCUT2D eigenvalue weighted by molar-refractivity contribution is 0.362. The zero-order valence-electron chi connectivity index (χ0n) is 13.5. The number of hydrazone groups is 1. The summed E-state index contributed by atoms with van der Waals surface area (Å²) in [5.74, 6) is 2.83. The van der Waals surface area contributed by atoms with Crippen LogP contribution in [0.15, 0.2) is 76.0 Å². The minimum Gasteiger partial charge on any atom is -0.260 e. The van der Waals surface area contributed by atoms with Crippen LogP contribution in [-0.4, -0.2) is 11.9 Å². The Balaban J connectivity index is 1.50. The van der Waals surface area contributed by atoms with Crippen LogP contribution < -0.4 is 5.01 Å². The molecule has 4 heteroatoms. The molecule has 4 atom stereocenters. The number of amidine groups is 1. The van der Waals surface area contributed by atoms with E-state index in [-0.39, 0.29) is 0 Å². The van der Waals surface area contributed by atoms with Crippen molar-refractivity contribution < 1.29 is 0 Å². The number of benzene rings is 2. The Kier molecular flexibility index (Phi) is 3.21. The molecule has 1 heterocycles. The van der Waals surface area contributed by atoms with Crippen LogP contribution in [0.3, 0.4) is 0 Å². The molecule has 2 saturated carbocycles. The molecule has 3 aliphatic rings. The van der Waals surface area contributed by atoms with E-state index in [1.54, 1.807) is 0 Å². The molecule has 4 unspecified atom stereocenters. The zero-order chi connectivity index (χ0) is 15.9. The second kappa shape index (κ2) is 5.55. The Morgan fingerprint density at radius 3 is 2.33 bits per heavy atom. The largest absolute Gasteiger partial charge is 0.260 e. The van der Waals surface area contributed by atoms with E-state index in [9.17, 15) is 0 Å². The molecule has 2 fully saturated rings. The first-order valence-electron chi connectivity index (χ1n) is 8.80. The van der Waals surface area contributed by atoms with Crippen LogP contribution in [-0.2, 0) is 0 Å². The maximum atomic E-state index is 4.89. The standard InChI is InChI=1S/C20H20N4/c1-3-7-16(8-4-1)21-22-20-18-14-11-12-15(13-14)19(18)24(23-20)17-9-5-2-6-10-17/h1-10,14-15,18-19H,11-13H2. The van der Waals surface area contributed by atoms with Crippen molar-refractivity contribution in [1.82, 2.24) is 0 Å². The molecule has 0 radical (unpaired) electrons. The van der Waals surface area contributed by atoms with Crippen LogP contribution >= 0.6 is 0 Å². The van der Waals surface area contributed by atoms with Crippen LogP contribution in [0.2, 0.25) is 0 Å². The number of anilines is 1. The van der Waals surface area contributed by atoms with Crippen molar-refractivity contribution in [1.29, 1.82) is 0 Å². The maximum absolute atomic E-state index is 4.89. The second-order valence-corrected chi connectivity index (χ2v) is 7.02. The number of nitrogens with zero attached hydrogens (tertiary/aromatic N) is 4. The molecule has 1 aliphatic heterocycles. The number of fused-ring (bicyclic) bond motifs is 5. The molecule has 0 N–H and O–H groups in total. The summed E-state index contributed by atoms with van der Waals surface area (Å²) in [5, 5.41) is 16.1. The summed E-state index contributed by atoms with van der Waals surface area (Å²) in [5.41, 5.74) is 2.06. The molecular formula is C20H20N4. The van der Waals surface area contributed by atoms with Crippen LogP contribution in [0.5, 0.6) is 0 Å². The number of para-hydroxylation sites is 1. The third-order valence-corrected chi connectivity index (χ3v) is 5.71. The SMILES string of the molecule is c1ccc(N=NC2=NN(c3ccccc3)C3C4CCC(C4)C23)cc1. The normalized spacial score (nSPS) is 30.8. The number of hydrogen-bond acceptors (Lipinski definition) is 4. The minimum absolute atomic E-state index is 0.441. The molecule has 2 aliphatic carbocycles. The number of azo groups is 1. The fourth-order valence-corrected chi connectivity index (χ4v) is 4.72. The highest BCUT2D eigenvalue weighted by Crippen LogP contribution is 2.54. The van der Waals surface area contributed by atoms with Crippen LogP contribution in [0, 0.1) is 17.8 Å². The Hall–Kier alpha value is -2.49. The molecule has 2 aromatic carbocycles. The van der Waals surface area contributed by atoms with Gasteiger partial charge in [0.25, 0.3) is 0 Å². The Morgan fingerprint density at radius 1 is 0.833 bits per heavy atom. The summed E-state index contributed by atoms with van der Waals surface area (Å²) >= 11 is 0. The van der Waals surface area contributed by atoms with Crippen LogP contribution in [0.1, 0.15) is 19.3 Å². The average molecular weight is 316 g/mol. The molecule has 5 rings (SSSR count). The van der Waals surface area contributed by atoms with E-state index in [2.05, 4.69) is 45.6 Å². The summed E-state index contributed by atoms with van der Waals surface area (Å²) < 4.78 is 0. The predicted molar refractivity (Wildman–Crippen MR) is 95.4 cm³/mol. The van der Waals surface area contributed by atoms with Gasteiger partial charge in [-0.25, -0.2) is 0 Å². The third kappa shape index (κ3) is 2.17. The Bertz CT molecular complexity index is 784. The third-order valence-electron chi connectivity index (χ3n) is 5.71. The van der Waals surface area contributed by atoms with Gasteiger partial charge in [-0.15, -0.1) is 10.2 Å². The van der Waals surface area contributed by atoms with E-state index in [1.165, 1.54) is 24.9 Å². The zero-order valence-corrected chi connectivity index (χ0v) is 13.5. The molecule has 0 amide bonds. The van der Waals surface area contributed by atoms with Crippen molar-refractivity contribution in [3.63, 3.8) is 0 Å². The summed E-state index contributed by atoms with van der Waals surface area (Å²) in [7, 11) is 0. The maximum Gasteiger partial charge on any atom is 0.176 e. The van der Waals surface area contributed by atoms with Gasteiger partial charge in [0.1, 0.15) is 0 Å². The average Bonchev–Trinajstić information content (AvgIpc) is 3.34. The van der Waals surface area contributed by atoms with Crippen molar-refractivity contribution in [2.24, 2.45) is 33.1 Å². The monoisotopic (exact) mass is 316 g/mol. The van der Waals surface area contributed by atoms with Gasteiger partial charge >= 0.3 is 0 Å². The molecule has 0 spiro atoms. The fourth-order valence-electron chi connectivity index (χ4n) is 4.72. The van der Waals surface area contributed by atoms with Gasteiger partial charge in [-0.05, 0) is 55.4 Å². The van der Waals surface area contributed by atoms with Crippen molar-refractivity contribution >= 4 is 17.2 Å². The smallest absolute Gasteiger partial charge is 0.176 e. The molecule has 0 aromatic heterocycles. The summed E-state index contributed by atoms with van der Waals surface area (Å²) in [6.07, 6.45) is 3.96. The highest BCUT2D eigenvalue weighted by molar-refractivity contribution is 5.90. The van der Waals surface area contributed by atoms with Gasteiger partial charge in [0.15, 0.2) is 5.84 Å². The lowest BCUT2D eigenvalue weighted by Gasteiger charge is -2.30. The van der Waals surface area contributed by atoms with Crippen molar-refractivity contribution in [3.8, 4) is 0 Å². The van der Waals surface area contributed by atoms with E-state index in [0.29, 0.717) is 12.0 Å². The van der Waals surface area contributed by atoms with E-state index < -0.39 is 0 Å². The van der Waals surface area contributed by atoms with E-state index >= 15 is 0 Å². The Labute approximate surface area is 141 Å². The molecule has 2 bridgehead atoms. The van der Waals surface area contributed by atoms with Gasteiger partial charge in [0, 0.05) is 5.92 Å². The second-order valence-electron chi connectivity index (χ2n) is 7.02. The first-order chi connectivity index (χ1) is 11.9. The quantitative estimate of drug-likeness (QED) is 0.717. The molecule has 0 saturated heterocycles. The van der Waals surface area contributed by atoms with Gasteiger partial charge in [-0.1, -0.05) is 36.4 Å². The summed E-state index contributed by atoms with van der Waals surface area (Å²) in [4.78, 5) is 0. The van der Waals surface area contributed by atoms with E-state index in [4.69, 9.17) is 5.10 Å². The summed E-state index contributed by atoms with van der Waals surface area (Å²) in [6, 6.07) is 20.9. The van der Waals surface area contributed by atoms with E-state index in [0.717, 1.165) is 23.4 Å². The number of hydrogen-bond donors (Lipinski definition) is 0. The summed E-state index contributed by atoms with van der Waals surface area (Å²) in [6.45, 7) is 0. The van der Waals surface area contributed by atoms with E-state index in [1.807, 2.05) is 30.3 Å². The first kappa shape index (κ1) is 13.9. The Morgan fingerprint density at radius 2 is 1.54 bits per heavy atom. The molecule has 24 heavy (non-hydrogen) atoms. The molecule has 120 valence electrons. The van der Waals surface area contributed by atoms with Gasteiger partial charge in [-0.2, -0.15) is 5.10 Å². The first-order valence-corrected chi connectivity index (χ1v) is 8.80. The van der Waals surface area contributed by atoms with Crippen LogP contribution in [0.25, 0.3) is 0 Å².